The third-order valence-electron chi connectivity index (χ3n) is 9.53. The van der Waals surface area contributed by atoms with Gasteiger partial charge >= 0.3 is 0 Å². The number of benzene rings is 1. The Hall–Kier alpha value is -3.70. The highest BCUT2D eigenvalue weighted by molar-refractivity contribution is 5.74. The van der Waals surface area contributed by atoms with E-state index in [4.69, 9.17) is 4.98 Å². The summed E-state index contributed by atoms with van der Waals surface area (Å²) >= 11 is 0. The maximum absolute atomic E-state index is 4.93. The fraction of sp³-hybridized carbons (Fsp3) is 0.409. The molecule has 0 aliphatic carbocycles. The van der Waals surface area contributed by atoms with Gasteiger partial charge in [0.2, 0.25) is 0 Å². The first-order valence-electron chi connectivity index (χ1n) is 18.7. The number of nitrogens with zero attached hydrogens (tertiary/aromatic N) is 4. The maximum Gasteiger partial charge on any atom is 0.173 e. The number of rotatable bonds is 20. The Bertz CT molecular complexity index is 1530. The lowest BCUT2D eigenvalue weighted by Crippen LogP contribution is -3.00. The monoisotopic (exact) mass is 718 g/mol. The van der Waals surface area contributed by atoms with Crippen molar-refractivity contribution in [3.8, 4) is 33.9 Å². The van der Waals surface area contributed by atoms with Gasteiger partial charge in [0.05, 0.1) is 22.8 Å². The summed E-state index contributed by atoms with van der Waals surface area (Å²) in [5.74, 6) is 0.684. The van der Waals surface area contributed by atoms with Gasteiger partial charge < -0.3 is 17.0 Å². The number of unbranched alkanes of at least 4 members (excludes halogenated alkanes) is 10. The third-order valence-corrected chi connectivity index (χ3v) is 9.53. The zero-order valence-electron chi connectivity index (χ0n) is 29.7. The molecular formula is C44H55BrN4. The normalized spacial score (nSPS) is 11.1. The highest BCUT2D eigenvalue weighted by Crippen LogP contribution is 2.30. The molecule has 0 bridgehead atoms. The van der Waals surface area contributed by atoms with Crippen LogP contribution < -0.4 is 21.5 Å². The number of pyridine rings is 4. The molecule has 0 saturated heterocycles. The summed E-state index contributed by atoms with van der Waals surface area (Å²) in [6.45, 7) is 5.46. The maximum atomic E-state index is 4.93. The lowest BCUT2D eigenvalue weighted by Gasteiger charge is -2.17. The van der Waals surface area contributed by atoms with Gasteiger partial charge in [0.15, 0.2) is 18.9 Å². The molecule has 0 N–H and O–H groups in total. The number of aromatic nitrogens is 4. The first-order chi connectivity index (χ1) is 23.7. The van der Waals surface area contributed by atoms with E-state index in [1.54, 1.807) is 0 Å². The average molecular weight is 720 g/mol. The second-order valence-corrected chi connectivity index (χ2v) is 13.4. The topological polar surface area (TPSA) is 42.5 Å². The van der Waals surface area contributed by atoms with E-state index in [1.165, 1.54) is 101 Å². The SMILES string of the molecule is CCCCCCCCC(CCCCCCCC)c1cc[n+](Cc2ccc(-c3cc(-c4ccccn4)nc(-c4ccccn4)c3)cc2)cc1.[Br-]. The second kappa shape index (κ2) is 21.4. The van der Waals surface area contributed by atoms with Gasteiger partial charge in [-0.3, -0.25) is 9.97 Å². The molecule has 49 heavy (non-hydrogen) atoms. The predicted octanol–water partition coefficient (Wildman–Crippen LogP) is 8.80. The van der Waals surface area contributed by atoms with Crippen molar-refractivity contribution in [3.63, 3.8) is 0 Å². The number of hydrogen-bond donors (Lipinski definition) is 0. The smallest absolute Gasteiger partial charge is 0.173 e. The molecule has 5 heteroatoms. The third kappa shape index (κ3) is 12.3. The van der Waals surface area contributed by atoms with Crippen LogP contribution in [-0.4, -0.2) is 15.0 Å². The van der Waals surface area contributed by atoms with Gasteiger partial charge in [-0.1, -0.05) is 127 Å². The van der Waals surface area contributed by atoms with Crippen LogP contribution in [0.2, 0.25) is 0 Å². The molecule has 258 valence electrons. The van der Waals surface area contributed by atoms with E-state index in [1.807, 2.05) is 48.8 Å². The van der Waals surface area contributed by atoms with Gasteiger partial charge in [0.1, 0.15) is 0 Å². The molecule has 0 unspecified atom stereocenters. The van der Waals surface area contributed by atoms with Gasteiger partial charge in [-0.25, -0.2) is 9.55 Å². The first-order valence-corrected chi connectivity index (χ1v) is 18.7. The Morgan fingerprint density at radius 3 is 1.53 bits per heavy atom. The van der Waals surface area contributed by atoms with Gasteiger partial charge in [-0.2, -0.15) is 0 Å². The average Bonchev–Trinajstić information content (AvgIpc) is 3.15. The molecule has 5 aromatic rings. The minimum atomic E-state index is 0. The van der Waals surface area contributed by atoms with Gasteiger partial charge in [0.25, 0.3) is 0 Å². The Labute approximate surface area is 306 Å². The van der Waals surface area contributed by atoms with Crippen molar-refractivity contribution >= 4 is 0 Å². The van der Waals surface area contributed by atoms with Crippen molar-refractivity contribution < 1.29 is 21.5 Å². The van der Waals surface area contributed by atoms with E-state index in [9.17, 15) is 0 Å². The van der Waals surface area contributed by atoms with E-state index in [-0.39, 0.29) is 17.0 Å². The van der Waals surface area contributed by atoms with Crippen molar-refractivity contribution in [3.05, 3.63) is 121 Å². The highest BCUT2D eigenvalue weighted by Gasteiger charge is 2.15. The molecule has 4 aromatic heterocycles. The van der Waals surface area contributed by atoms with E-state index < -0.39 is 0 Å². The summed E-state index contributed by atoms with van der Waals surface area (Å²) in [4.78, 5) is 14.1. The van der Waals surface area contributed by atoms with E-state index >= 15 is 0 Å². The van der Waals surface area contributed by atoms with Crippen LogP contribution in [0.15, 0.2) is 110 Å². The minimum Gasteiger partial charge on any atom is -1.00 e. The largest absolute Gasteiger partial charge is 1.00 e. The molecule has 4 nitrogen and oxygen atoms in total. The molecule has 4 heterocycles. The lowest BCUT2D eigenvalue weighted by atomic mass is 9.88. The summed E-state index contributed by atoms with van der Waals surface area (Å²) < 4.78 is 2.32. The quantitative estimate of drug-likeness (QED) is 0.0597. The van der Waals surface area contributed by atoms with Gasteiger partial charge in [-0.15, -0.1) is 0 Å². The van der Waals surface area contributed by atoms with E-state index in [2.05, 4.69) is 89.3 Å². The van der Waals surface area contributed by atoms with Crippen LogP contribution >= 0.6 is 0 Å². The first kappa shape index (κ1) is 38.1. The zero-order valence-corrected chi connectivity index (χ0v) is 31.3. The molecular weight excluding hydrogens is 664 g/mol. The molecule has 0 radical (unpaired) electrons. The second-order valence-electron chi connectivity index (χ2n) is 13.4. The highest BCUT2D eigenvalue weighted by atomic mass is 79.9. The summed E-state index contributed by atoms with van der Waals surface area (Å²) in [7, 11) is 0. The molecule has 0 aliphatic heterocycles. The number of hydrogen-bond acceptors (Lipinski definition) is 3. The van der Waals surface area contributed by atoms with Crippen LogP contribution in [0.3, 0.4) is 0 Å². The standard InChI is InChI=1S/C44H55N4.BrH/c1-3-5-7-9-11-13-19-37(20-14-12-10-8-6-4-2)39-27-31-48(32-28-39)35-36-23-25-38(26-24-36)40-33-43(41-21-15-17-29-45-41)47-44(34-40)42-22-16-18-30-46-42;/h15-18,21-34,37H,3-14,19-20,35H2,1-2H3;1H/q+1;/p-1. The molecule has 0 fully saturated rings. The van der Waals surface area contributed by atoms with Crippen molar-refractivity contribution in [2.24, 2.45) is 0 Å². The van der Waals surface area contributed by atoms with Gasteiger partial charge in [-0.05, 0) is 71.8 Å². The Balaban J connectivity index is 0.00000541. The fourth-order valence-electron chi connectivity index (χ4n) is 6.67. The Kier molecular flexibility index (Phi) is 16.6. The van der Waals surface area contributed by atoms with E-state index in [0.29, 0.717) is 5.92 Å². The van der Waals surface area contributed by atoms with Crippen LogP contribution in [0.4, 0.5) is 0 Å². The van der Waals surface area contributed by atoms with Crippen molar-refractivity contribution in [2.45, 2.75) is 116 Å². The summed E-state index contributed by atoms with van der Waals surface area (Å²) in [6.07, 6.45) is 27.3. The molecule has 0 amide bonds. The van der Waals surface area contributed by atoms with Crippen molar-refractivity contribution in [2.75, 3.05) is 0 Å². The molecule has 1 aromatic carbocycles. The van der Waals surface area contributed by atoms with Crippen molar-refractivity contribution in [1.29, 1.82) is 0 Å². The molecule has 0 atom stereocenters. The lowest BCUT2D eigenvalue weighted by molar-refractivity contribution is -0.688. The van der Waals surface area contributed by atoms with Crippen molar-refractivity contribution in [1.82, 2.24) is 15.0 Å². The molecule has 5 rings (SSSR count). The van der Waals surface area contributed by atoms with Crippen LogP contribution in [0.25, 0.3) is 33.9 Å². The number of halogens is 1. The molecule has 0 aliphatic rings. The van der Waals surface area contributed by atoms with Crippen LogP contribution in [0.1, 0.15) is 121 Å². The Morgan fingerprint density at radius 1 is 0.531 bits per heavy atom. The fourth-order valence-corrected chi connectivity index (χ4v) is 6.67. The van der Waals surface area contributed by atoms with Crippen LogP contribution in [0, 0.1) is 0 Å². The molecule has 0 spiro atoms. The molecule has 0 saturated carbocycles. The van der Waals surface area contributed by atoms with Crippen LogP contribution in [0.5, 0.6) is 0 Å². The van der Waals surface area contributed by atoms with E-state index in [0.717, 1.165) is 40.4 Å². The van der Waals surface area contributed by atoms with Gasteiger partial charge in [0, 0.05) is 30.1 Å². The summed E-state index contributed by atoms with van der Waals surface area (Å²) in [6, 6.07) is 29.9. The predicted molar refractivity (Wildman–Crippen MR) is 201 cm³/mol. The summed E-state index contributed by atoms with van der Waals surface area (Å²) in [5.41, 5.74) is 8.48. The van der Waals surface area contributed by atoms with Crippen LogP contribution in [-0.2, 0) is 6.54 Å². The minimum absolute atomic E-state index is 0. The Morgan fingerprint density at radius 2 is 1.04 bits per heavy atom. The zero-order chi connectivity index (χ0) is 33.2. The summed E-state index contributed by atoms with van der Waals surface area (Å²) in [5, 5.41) is 0.